The van der Waals surface area contributed by atoms with Crippen LogP contribution >= 0.6 is 0 Å². The number of amides is 2. The molecule has 1 aromatic rings. The van der Waals surface area contributed by atoms with Gasteiger partial charge in [0.15, 0.2) is 0 Å². The molecule has 0 aliphatic rings. The summed E-state index contributed by atoms with van der Waals surface area (Å²) in [6.07, 6.45) is 0. The minimum Gasteiger partial charge on any atom is -0.355 e. The van der Waals surface area contributed by atoms with E-state index in [1.54, 1.807) is 4.90 Å². The summed E-state index contributed by atoms with van der Waals surface area (Å²) in [5.74, 6) is -1.43. The van der Waals surface area contributed by atoms with Crippen LogP contribution in [0.15, 0.2) is 18.2 Å². The van der Waals surface area contributed by atoms with E-state index in [9.17, 15) is 14.0 Å². The van der Waals surface area contributed by atoms with Gasteiger partial charge in [-0.15, -0.1) is 0 Å². The topological polar surface area (TPSA) is 49.4 Å². The minimum atomic E-state index is -0.690. The maximum Gasteiger partial charge on any atom is 0.254 e. The molecule has 0 aliphatic heterocycles. The van der Waals surface area contributed by atoms with Crippen LogP contribution in [0.4, 0.5) is 4.39 Å². The summed E-state index contributed by atoms with van der Waals surface area (Å²) in [7, 11) is 1.43. The lowest BCUT2D eigenvalue weighted by molar-refractivity contribution is 0.0715. The molecular formula is C14H19FN2O2. The number of nitrogens with zero attached hydrogens (tertiary/aromatic N) is 1. The average Bonchev–Trinajstić information content (AvgIpc) is 2.37. The van der Waals surface area contributed by atoms with E-state index >= 15 is 0 Å². The molecule has 1 aromatic carbocycles. The van der Waals surface area contributed by atoms with E-state index in [4.69, 9.17) is 0 Å². The molecule has 0 fully saturated rings. The Bertz CT molecular complexity index is 486. The predicted octanol–water partition coefficient (Wildman–Crippen LogP) is 2.06. The van der Waals surface area contributed by atoms with E-state index in [-0.39, 0.29) is 23.1 Å². The largest absolute Gasteiger partial charge is 0.355 e. The molecule has 1 N–H and O–H groups in total. The predicted molar refractivity (Wildman–Crippen MR) is 71.6 cm³/mol. The number of rotatable bonds is 4. The Morgan fingerprint density at radius 2 is 2.00 bits per heavy atom. The van der Waals surface area contributed by atoms with Crippen LogP contribution in [-0.4, -0.2) is 36.3 Å². The van der Waals surface area contributed by atoms with Crippen molar-refractivity contribution in [2.45, 2.75) is 26.8 Å². The van der Waals surface area contributed by atoms with Crippen LogP contribution in [0.25, 0.3) is 0 Å². The highest BCUT2D eigenvalue weighted by molar-refractivity contribution is 5.98. The number of carbonyl (C=O) groups excluding carboxylic acids is 2. The summed E-state index contributed by atoms with van der Waals surface area (Å²) in [6, 6.07) is 3.95. The van der Waals surface area contributed by atoms with Crippen LogP contribution in [0.1, 0.15) is 41.5 Å². The molecule has 0 spiro atoms. The van der Waals surface area contributed by atoms with Gasteiger partial charge in [0.2, 0.25) is 0 Å². The quantitative estimate of drug-likeness (QED) is 0.906. The van der Waals surface area contributed by atoms with E-state index in [2.05, 4.69) is 5.32 Å². The molecule has 0 unspecified atom stereocenters. The van der Waals surface area contributed by atoms with Crippen LogP contribution < -0.4 is 5.32 Å². The highest BCUT2D eigenvalue weighted by Gasteiger charge is 2.19. The molecule has 0 saturated carbocycles. The van der Waals surface area contributed by atoms with Crippen LogP contribution in [0.5, 0.6) is 0 Å². The van der Waals surface area contributed by atoms with Crippen LogP contribution in [-0.2, 0) is 0 Å². The van der Waals surface area contributed by atoms with Crippen LogP contribution in [0.2, 0.25) is 0 Å². The smallest absolute Gasteiger partial charge is 0.254 e. The lowest BCUT2D eigenvalue weighted by Crippen LogP contribution is -2.36. The second kappa shape index (κ2) is 6.31. The molecule has 104 valence electrons. The molecule has 0 radical (unpaired) electrons. The van der Waals surface area contributed by atoms with E-state index < -0.39 is 11.7 Å². The zero-order valence-corrected chi connectivity index (χ0v) is 11.7. The fraction of sp³-hybridized carbons (Fsp3) is 0.429. The zero-order valence-electron chi connectivity index (χ0n) is 11.7. The lowest BCUT2D eigenvalue weighted by atomic mass is 10.1. The first-order chi connectivity index (χ1) is 8.92. The Labute approximate surface area is 112 Å². The summed E-state index contributed by atoms with van der Waals surface area (Å²) < 4.78 is 13.8. The third kappa shape index (κ3) is 3.30. The van der Waals surface area contributed by atoms with Crippen molar-refractivity contribution in [3.8, 4) is 0 Å². The second-order valence-corrected chi connectivity index (χ2v) is 4.46. The Kier molecular flexibility index (Phi) is 5.03. The molecular weight excluding hydrogens is 247 g/mol. The third-order valence-electron chi connectivity index (χ3n) is 2.91. The molecule has 0 aliphatic carbocycles. The van der Waals surface area contributed by atoms with Crippen molar-refractivity contribution in [1.82, 2.24) is 10.2 Å². The molecule has 4 nitrogen and oxygen atoms in total. The van der Waals surface area contributed by atoms with Crippen molar-refractivity contribution in [3.63, 3.8) is 0 Å². The summed E-state index contributed by atoms with van der Waals surface area (Å²) in [5.41, 5.74) is 0.187. The van der Waals surface area contributed by atoms with E-state index in [1.807, 2.05) is 20.8 Å². The van der Waals surface area contributed by atoms with Gasteiger partial charge in [0.25, 0.3) is 11.8 Å². The Balaban J connectivity index is 3.07. The highest BCUT2D eigenvalue weighted by Crippen LogP contribution is 2.14. The molecule has 0 atom stereocenters. The number of hydrogen-bond acceptors (Lipinski definition) is 2. The number of nitrogens with one attached hydrogen (secondary N) is 1. The molecule has 2 amide bonds. The van der Waals surface area contributed by atoms with Gasteiger partial charge in [0.1, 0.15) is 5.82 Å². The third-order valence-corrected chi connectivity index (χ3v) is 2.91. The van der Waals surface area contributed by atoms with Crippen LogP contribution in [0.3, 0.4) is 0 Å². The molecule has 0 bridgehead atoms. The fourth-order valence-electron chi connectivity index (χ4n) is 1.88. The summed E-state index contributed by atoms with van der Waals surface area (Å²) >= 11 is 0. The van der Waals surface area contributed by atoms with Crippen LogP contribution in [0, 0.1) is 5.82 Å². The molecule has 19 heavy (non-hydrogen) atoms. The van der Waals surface area contributed by atoms with Crippen molar-refractivity contribution in [2.24, 2.45) is 0 Å². The standard InChI is InChI=1S/C14H19FN2O2/c1-5-17(9(2)3)14(19)10-6-7-11(12(15)8-10)13(18)16-4/h6-9H,5H2,1-4H3,(H,16,18). The van der Waals surface area contributed by atoms with Gasteiger partial charge >= 0.3 is 0 Å². The second-order valence-electron chi connectivity index (χ2n) is 4.46. The maximum atomic E-state index is 13.8. The summed E-state index contributed by atoms with van der Waals surface area (Å²) in [5, 5.41) is 2.35. The number of benzene rings is 1. The van der Waals surface area contributed by atoms with Gasteiger partial charge in [-0.1, -0.05) is 0 Å². The molecule has 0 heterocycles. The van der Waals surface area contributed by atoms with Gasteiger partial charge in [0.05, 0.1) is 5.56 Å². The summed E-state index contributed by atoms with van der Waals surface area (Å²) in [4.78, 5) is 25.2. The van der Waals surface area contributed by atoms with Crippen molar-refractivity contribution in [3.05, 3.63) is 35.1 Å². The Morgan fingerprint density at radius 3 is 2.42 bits per heavy atom. The van der Waals surface area contributed by atoms with Crippen molar-refractivity contribution in [1.29, 1.82) is 0 Å². The monoisotopic (exact) mass is 266 g/mol. The maximum absolute atomic E-state index is 13.8. The normalized spacial score (nSPS) is 10.4. The van der Waals surface area contributed by atoms with Gasteiger partial charge in [-0.2, -0.15) is 0 Å². The van der Waals surface area contributed by atoms with Crippen molar-refractivity contribution >= 4 is 11.8 Å². The Morgan fingerprint density at radius 1 is 1.37 bits per heavy atom. The van der Waals surface area contributed by atoms with Gasteiger partial charge in [-0.25, -0.2) is 4.39 Å². The number of halogens is 1. The number of hydrogen-bond donors (Lipinski definition) is 1. The molecule has 0 saturated heterocycles. The van der Waals surface area contributed by atoms with Gasteiger partial charge < -0.3 is 10.2 Å². The highest BCUT2D eigenvalue weighted by atomic mass is 19.1. The lowest BCUT2D eigenvalue weighted by Gasteiger charge is -2.25. The average molecular weight is 266 g/mol. The van der Waals surface area contributed by atoms with E-state index in [1.165, 1.54) is 19.2 Å². The molecule has 1 rings (SSSR count). The Hall–Kier alpha value is -1.91. The SMILES string of the molecule is CCN(C(=O)c1ccc(C(=O)NC)c(F)c1)C(C)C. The molecule has 5 heteroatoms. The van der Waals surface area contributed by atoms with Gasteiger partial charge in [-0.3, -0.25) is 9.59 Å². The van der Waals surface area contributed by atoms with E-state index in [0.29, 0.717) is 6.54 Å². The first kappa shape index (κ1) is 15.1. The molecule has 0 aromatic heterocycles. The van der Waals surface area contributed by atoms with Crippen molar-refractivity contribution in [2.75, 3.05) is 13.6 Å². The first-order valence-corrected chi connectivity index (χ1v) is 6.25. The fourth-order valence-corrected chi connectivity index (χ4v) is 1.88. The van der Waals surface area contributed by atoms with E-state index in [0.717, 1.165) is 6.07 Å². The van der Waals surface area contributed by atoms with Gasteiger partial charge in [0, 0.05) is 25.2 Å². The summed E-state index contributed by atoms with van der Waals surface area (Å²) in [6.45, 7) is 6.22. The zero-order chi connectivity index (χ0) is 14.6. The minimum absolute atomic E-state index is 0.0409. The first-order valence-electron chi connectivity index (χ1n) is 6.25. The number of carbonyl (C=O) groups is 2. The van der Waals surface area contributed by atoms with Gasteiger partial charge in [-0.05, 0) is 39.0 Å². The van der Waals surface area contributed by atoms with Crippen molar-refractivity contribution < 1.29 is 14.0 Å².